The molecule has 3 aromatic heterocycles. The van der Waals surface area contributed by atoms with Gasteiger partial charge in [-0.25, -0.2) is 4.39 Å². The minimum atomic E-state index is -0.346. The second-order valence-electron chi connectivity index (χ2n) is 6.29. The fourth-order valence-electron chi connectivity index (χ4n) is 3.08. The van der Waals surface area contributed by atoms with Gasteiger partial charge in [0, 0.05) is 34.9 Å². The summed E-state index contributed by atoms with van der Waals surface area (Å²) in [5.41, 5.74) is 3.93. The third-order valence-corrected chi connectivity index (χ3v) is 4.31. The monoisotopic (exact) mass is 380 g/mol. The number of aromatic nitrogens is 3. The zero-order valence-electron chi connectivity index (χ0n) is 14.6. The van der Waals surface area contributed by atoms with E-state index < -0.39 is 0 Å². The van der Waals surface area contributed by atoms with Crippen molar-refractivity contribution < 1.29 is 13.7 Å². The average molecular weight is 380 g/mol. The zero-order chi connectivity index (χ0) is 18.8. The van der Waals surface area contributed by atoms with Crippen molar-refractivity contribution in [3.05, 3.63) is 71.6 Å². The highest BCUT2D eigenvalue weighted by atomic mass is 19.1. The van der Waals surface area contributed by atoms with Gasteiger partial charge in [-0.15, -0.1) is 0 Å². The molecular formula is C21H21FN4O2. The van der Waals surface area contributed by atoms with Crippen LogP contribution < -0.4 is 5.32 Å². The second kappa shape index (κ2) is 8.04. The molecule has 0 saturated carbocycles. The van der Waals surface area contributed by atoms with E-state index in [1.54, 1.807) is 24.5 Å². The van der Waals surface area contributed by atoms with Gasteiger partial charge < -0.3 is 14.8 Å². The highest BCUT2D eigenvalue weighted by molar-refractivity contribution is 5.95. The number of fused-ring (bicyclic) bond motifs is 1. The van der Waals surface area contributed by atoms with Crippen molar-refractivity contribution in [2.24, 2.45) is 0 Å². The van der Waals surface area contributed by atoms with Crippen molar-refractivity contribution in [3.8, 4) is 11.3 Å². The minimum absolute atomic E-state index is 0. The number of H-pyrrole nitrogens is 1. The molecule has 144 valence electrons. The van der Waals surface area contributed by atoms with Crippen molar-refractivity contribution >= 4 is 16.8 Å². The maximum Gasteiger partial charge on any atom is 0.224 e. The van der Waals surface area contributed by atoms with Gasteiger partial charge in [0.2, 0.25) is 5.91 Å². The first-order valence-corrected chi connectivity index (χ1v) is 8.49. The number of benzene rings is 1. The zero-order valence-corrected chi connectivity index (χ0v) is 14.6. The summed E-state index contributed by atoms with van der Waals surface area (Å²) < 4.78 is 18.9. The molecule has 7 heteroatoms. The fourth-order valence-corrected chi connectivity index (χ4v) is 3.08. The Kier molecular flexibility index (Phi) is 5.54. The number of pyridine rings is 1. The summed E-state index contributed by atoms with van der Waals surface area (Å²) in [6.07, 6.45) is 3.46. The van der Waals surface area contributed by atoms with Gasteiger partial charge >= 0.3 is 0 Å². The second-order valence-corrected chi connectivity index (χ2v) is 6.29. The third-order valence-electron chi connectivity index (χ3n) is 4.31. The molecule has 0 saturated heterocycles. The molecule has 0 aliphatic carbocycles. The number of halogens is 1. The van der Waals surface area contributed by atoms with Crippen LogP contribution in [0.2, 0.25) is 0 Å². The lowest BCUT2D eigenvalue weighted by molar-refractivity contribution is -0.120. The first kappa shape index (κ1) is 19.3. The summed E-state index contributed by atoms with van der Waals surface area (Å²) in [5, 5.41) is 7.30. The summed E-state index contributed by atoms with van der Waals surface area (Å²) in [7, 11) is 0. The van der Waals surface area contributed by atoms with Crippen molar-refractivity contribution in [2.45, 2.75) is 27.3 Å². The summed E-state index contributed by atoms with van der Waals surface area (Å²) in [4.78, 5) is 19.8. The lowest BCUT2D eigenvalue weighted by Gasteiger charge is -2.06. The molecule has 0 aliphatic rings. The Balaban J connectivity index is 0.00000225. The maximum absolute atomic E-state index is 13.8. The number of hydrogen-bond acceptors (Lipinski definition) is 4. The Morgan fingerprint density at radius 1 is 1.21 bits per heavy atom. The van der Waals surface area contributed by atoms with Crippen LogP contribution >= 0.6 is 0 Å². The molecule has 0 unspecified atom stereocenters. The summed E-state index contributed by atoms with van der Waals surface area (Å²) in [6.45, 7) is 2.07. The predicted octanol–water partition coefficient (Wildman–Crippen LogP) is 4.16. The number of amides is 1. The normalized spacial score (nSPS) is 10.6. The highest BCUT2D eigenvalue weighted by Gasteiger charge is 2.17. The van der Waals surface area contributed by atoms with Gasteiger partial charge in [-0.1, -0.05) is 12.6 Å². The molecule has 1 aromatic carbocycles. The number of carbonyl (C=O) groups is 1. The molecule has 1 amide bonds. The van der Waals surface area contributed by atoms with Gasteiger partial charge in [0.15, 0.2) is 5.76 Å². The first-order chi connectivity index (χ1) is 13.1. The van der Waals surface area contributed by atoms with E-state index in [9.17, 15) is 9.18 Å². The molecule has 0 radical (unpaired) electrons. The number of rotatable bonds is 5. The number of aromatic amines is 1. The van der Waals surface area contributed by atoms with E-state index in [0.717, 1.165) is 28.0 Å². The highest BCUT2D eigenvalue weighted by Crippen LogP contribution is 2.31. The lowest BCUT2D eigenvalue weighted by Crippen LogP contribution is -2.24. The van der Waals surface area contributed by atoms with E-state index in [1.165, 1.54) is 12.1 Å². The van der Waals surface area contributed by atoms with Crippen molar-refractivity contribution in [1.29, 1.82) is 0 Å². The van der Waals surface area contributed by atoms with Crippen LogP contribution in [0.5, 0.6) is 0 Å². The molecule has 0 atom stereocenters. The van der Waals surface area contributed by atoms with E-state index in [4.69, 9.17) is 4.52 Å². The molecule has 0 bridgehead atoms. The Hall–Kier alpha value is -3.48. The molecule has 3 heterocycles. The predicted molar refractivity (Wildman–Crippen MR) is 105 cm³/mol. The van der Waals surface area contributed by atoms with Gasteiger partial charge in [0.25, 0.3) is 0 Å². The molecule has 4 rings (SSSR count). The Morgan fingerprint density at radius 3 is 2.71 bits per heavy atom. The molecule has 2 N–H and O–H groups in total. The summed E-state index contributed by atoms with van der Waals surface area (Å²) in [5.74, 6) is 0.0475. The van der Waals surface area contributed by atoms with Crippen LogP contribution in [0.4, 0.5) is 4.39 Å². The SMILES string of the molecule is C.Cc1cc(CNC(=O)Cc2c(-c3ccncc3)[nH]c3ccc(F)cc23)on1. The Bertz CT molecular complexity index is 1100. The summed E-state index contributed by atoms with van der Waals surface area (Å²) in [6, 6.07) is 9.97. The largest absolute Gasteiger partial charge is 0.359 e. The molecule has 0 fully saturated rings. The number of nitrogens with zero attached hydrogens (tertiary/aromatic N) is 2. The number of nitrogens with one attached hydrogen (secondary N) is 2. The van der Waals surface area contributed by atoms with Crippen molar-refractivity contribution in [1.82, 2.24) is 20.4 Å². The molecular weight excluding hydrogens is 359 g/mol. The van der Waals surface area contributed by atoms with Crippen LogP contribution in [-0.2, 0) is 17.8 Å². The van der Waals surface area contributed by atoms with Crippen LogP contribution in [0.25, 0.3) is 22.2 Å². The van der Waals surface area contributed by atoms with Crippen LogP contribution in [0, 0.1) is 12.7 Å². The number of hydrogen-bond donors (Lipinski definition) is 2. The van der Waals surface area contributed by atoms with Crippen LogP contribution in [0.3, 0.4) is 0 Å². The van der Waals surface area contributed by atoms with E-state index in [0.29, 0.717) is 11.1 Å². The van der Waals surface area contributed by atoms with Crippen molar-refractivity contribution in [2.75, 3.05) is 0 Å². The van der Waals surface area contributed by atoms with Crippen LogP contribution in [0.1, 0.15) is 24.4 Å². The fraction of sp³-hybridized carbons (Fsp3) is 0.190. The topological polar surface area (TPSA) is 83.8 Å². The quantitative estimate of drug-likeness (QED) is 0.544. The third kappa shape index (κ3) is 3.93. The number of aryl methyl sites for hydroxylation is 1. The van der Waals surface area contributed by atoms with Crippen LogP contribution in [0.15, 0.2) is 53.3 Å². The minimum Gasteiger partial charge on any atom is -0.359 e. The molecule has 0 aliphatic heterocycles. The van der Waals surface area contributed by atoms with Gasteiger partial charge in [-0.05, 0) is 42.8 Å². The van der Waals surface area contributed by atoms with Gasteiger partial charge in [-0.3, -0.25) is 9.78 Å². The Morgan fingerprint density at radius 2 is 2.00 bits per heavy atom. The molecule has 6 nitrogen and oxygen atoms in total. The van der Waals surface area contributed by atoms with E-state index in [-0.39, 0.29) is 32.1 Å². The lowest BCUT2D eigenvalue weighted by atomic mass is 10.0. The average Bonchev–Trinajstić information content (AvgIpc) is 3.24. The van der Waals surface area contributed by atoms with Crippen molar-refractivity contribution in [3.63, 3.8) is 0 Å². The first-order valence-electron chi connectivity index (χ1n) is 8.49. The molecule has 28 heavy (non-hydrogen) atoms. The number of carbonyl (C=O) groups excluding carboxylic acids is 1. The van der Waals surface area contributed by atoms with Gasteiger partial charge in [0.05, 0.1) is 24.4 Å². The Labute approximate surface area is 161 Å². The van der Waals surface area contributed by atoms with Crippen LogP contribution in [-0.4, -0.2) is 21.0 Å². The van der Waals surface area contributed by atoms with E-state index in [2.05, 4.69) is 20.4 Å². The van der Waals surface area contributed by atoms with E-state index in [1.807, 2.05) is 19.1 Å². The smallest absolute Gasteiger partial charge is 0.224 e. The summed E-state index contributed by atoms with van der Waals surface area (Å²) >= 11 is 0. The molecule has 0 spiro atoms. The molecule has 4 aromatic rings. The maximum atomic E-state index is 13.8. The standard InChI is InChI=1S/C20H17FN4O2.CH4/c1-12-8-15(27-25-12)11-23-19(26)10-17-16-9-14(21)2-3-18(16)24-20(17)13-4-6-22-7-5-13;/h2-9,24H,10-11H2,1H3,(H,23,26);1H4. The van der Waals surface area contributed by atoms with Gasteiger partial charge in [0.1, 0.15) is 5.82 Å². The van der Waals surface area contributed by atoms with E-state index >= 15 is 0 Å². The van der Waals surface area contributed by atoms with Gasteiger partial charge in [-0.2, -0.15) is 0 Å².